The van der Waals surface area contributed by atoms with Crippen molar-refractivity contribution < 1.29 is 8.78 Å². The average Bonchev–Trinajstić information content (AvgIpc) is 3.69. The smallest absolute Gasteiger partial charge is 0.261 e. The highest BCUT2D eigenvalue weighted by Gasteiger charge is 2.37. The first-order chi connectivity index (χ1) is 18.4. The van der Waals surface area contributed by atoms with Gasteiger partial charge in [-0.25, -0.2) is 18.7 Å². The van der Waals surface area contributed by atoms with Crippen LogP contribution < -0.4 is 0 Å². The molecule has 190 valence electrons. The summed E-state index contributed by atoms with van der Waals surface area (Å²) in [6, 6.07) is 10.0. The van der Waals surface area contributed by atoms with Crippen molar-refractivity contribution in [1.29, 1.82) is 0 Å². The quantitative estimate of drug-likeness (QED) is 0.292. The molecule has 0 radical (unpaired) electrons. The Labute approximate surface area is 219 Å². The van der Waals surface area contributed by atoms with Crippen LogP contribution in [0.3, 0.4) is 0 Å². The number of fused-ring (bicyclic) bond motifs is 2. The summed E-state index contributed by atoms with van der Waals surface area (Å²) in [7, 11) is 0. The predicted molar refractivity (Wildman–Crippen MR) is 143 cm³/mol. The van der Waals surface area contributed by atoms with E-state index in [1.165, 1.54) is 4.88 Å². The Morgan fingerprint density at radius 2 is 1.95 bits per heavy atom. The molecule has 0 saturated carbocycles. The number of nitrogens with zero attached hydrogens (tertiary/aromatic N) is 6. The number of pyridine rings is 3. The summed E-state index contributed by atoms with van der Waals surface area (Å²) in [5, 5.41) is 8.32. The van der Waals surface area contributed by atoms with E-state index in [9.17, 15) is 8.78 Å². The molecule has 38 heavy (non-hydrogen) atoms. The van der Waals surface area contributed by atoms with Gasteiger partial charge in [0.05, 0.1) is 22.3 Å². The van der Waals surface area contributed by atoms with Gasteiger partial charge in [-0.1, -0.05) is 0 Å². The maximum Gasteiger partial charge on any atom is 0.261 e. The number of halogens is 2. The topological polar surface area (TPSA) is 99.3 Å². The van der Waals surface area contributed by atoms with Crippen LogP contribution in [-0.4, -0.2) is 59.0 Å². The number of aryl methyl sites for hydroxylation is 1. The summed E-state index contributed by atoms with van der Waals surface area (Å²) in [5.74, 6) is -2.00. The first-order valence-electron chi connectivity index (χ1n) is 12.2. The zero-order valence-corrected chi connectivity index (χ0v) is 21.2. The van der Waals surface area contributed by atoms with Gasteiger partial charge >= 0.3 is 0 Å². The van der Waals surface area contributed by atoms with E-state index in [2.05, 4.69) is 49.2 Å². The molecule has 6 aromatic heterocycles. The van der Waals surface area contributed by atoms with Crippen molar-refractivity contribution in [2.45, 2.75) is 25.8 Å². The molecule has 7 rings (SSSR count). The van der Waals surface area contributed by atoms with Gasteiger partial charge in [0.2, 0.25) is 0 Å². The lowest BCUT2D eigenvalue weighted by Gasteiger charge is -2.15. The maximum absolute atomic E-state index is 13.6. The largest absolute Gasteiger partial charge is 0.336 e. The highest BCUT2D eigenvalue weighted by molar-refractivity contribution is 7.15. The van der Waals surface area contributed by atoms with E-state index in [0.29, 0.717) is 30.3 Å². The van der Waals surface area contributed by atoms with Crippen molar-refractivity contribution >= 4 is 33.4 Å². The van der Waals surface area contributed by atoms with Crippen molar-refractivity contribution in [3.05, 3.63) is 65.6 Å². The molecule has 2 N–H and O–H groups in total. The molecular formula is C27H22F2N8S. The molecule has 1 aliphatic heterocycles. The summed E-state index contributed by atoms with van der Waals surface area (Å²) in [5.41, 5.74) is 6.39. The van der Waals surface area contributed by atoms with Gasteiger partial charge in [0.25, 0.3) is 5.92 Å². The number of hydrogen-bond donors (Lipinski definition) is 2. The van der Waals surface area contributed by atoms with Crippen LogP contribution >= 0.6 is 11.3 Å². The Bertz CT molecular complexity index is 1800. The molecule has 1 saturated heterocycles. The van der Waals surface area contributed by atoms with Crippen molar-refractivity contribution in [1.82, 2.24) is 40.0 Å². The standard InChI is InChI=1S/C27H22F2N8S/c1-15-2-3-21(38-15)24-23-20(4-6-31-24)33-26(34-23)22-19-9-18(12-32-25(19)36-35-22)17-8-16(10-30-11-17)13-37-7-5-27(28,29)14-37/h2-4,6,8-12H,5,7,13-14H2,1H3,(H,33,34)(H,32,35,36). The van der Waals surface area contributed by atoms with Crippen LogP contribution in [0.1, 0.15) is 16.9 Å². The summed E-state index contributed by atoms with van der Waals surface area (Å²) < 4.78 is 27.3. The fourth-order valence-electron chi connectivity index (χ4n) is 4.96. The number of H-pyrrole nitrogens is 2. The van der Waals surface area contributed by atoms with Gasteiger partial charge in [-0.05, 0) is 42.8 Å². The van der Waals surface area contributed by atoms with Gasteiger partial charge < -0.3 is 4.98 Å². The lowest BCUT2D eigenvalue weighted by Crippen LogP contribution is -2.24. The monoisotopic (exact) mass is 528 g/mol. The molecular weight excluding hydrogens is 506 g/mol. The van der Waals surface area contributed by atoms with Crippen LogP contribution in [0.15, 0.2) is 55.1 Å². The number of nitrogens with one attached hydrogen (secondary N) is 2. The number of hydrogen-bond acceptors (Lipinski definition) is 7. The van der Waals surface area contributed by atoms with Crippen LogP contribution in [0.25, 0.3) is 55.3 Å². The number of alkyl halides is 2. The van der Waals surface area contributed by atoms with Gasteiger partial charge in [0.1, 0.15) is 16.9 Å². The Balaban J connectivity index is 1.24. The Kier molecular flexibility index (Phi) is 5.31. The molecule has 0 aromatic carbocycles. The number of aromatic amines is 2. The highest BCUT2D eigenvalue weighted by atomic mass is 32.1. The minimum absolute atomic E-state index is 0.101. The zero-order valence-electron chi connectivity index (χ0n) is 20.4. The first-order valence-corrected chi connectivity index (χ1v) is 13.0. The highest BCUT2D eigenvalue weighted by Crippen LogP contribution is 2.34. The molecule has 8 nitrogen and oxygen atoms in total. The molecule has 0 atom stereocenters. The number of aromatic nitrogens is 7. The van der Waals surface area contributed by atoms with Gasteiger partial charge in [-0.15, -0.1) is 11.3 Å². The van der Waals surface area contributed by atoms with E-state index >= 15 is 0 Å². The molecule has 11 heteroatoms. The fraction of sp³-hybridized carbons (Fsp3) is 0.222. The van der Waals surface area contributed by atoms with Crippen LogP contribution in [0.5, 0.6) is 0 Å². The molecule has 7 heterocycles. The third-order valence-corrected chi connectivity index (χ3v) is 7.81. The third-order valence-electron chi connectivity index (χ3n) is 6.80. The Morgan fingerprint density at radius 3 is 2.76 bits per heavy atom. The second-order valence-electron chi connectivity index (χ2n) is 9.64. The van der Waals surface area contributed by atoms with Crippen LogP contribution in [0, 0.1) is 6.92 Å². The minimum Gasteiger partial charge on any atom is -0.336 e. The van der Waals surface area contributed by atoms with Crippen LogP contribution in [-0.2, 0) is 6.54 Å². The second kappa shape index (κ2) is 8.74. The Morgan fingerprint density at radius 1 is 1.05 bits per heavy atom. The number of thiophene rings is 1. The normalized spacial score (nSPS) is 15.7. The predicted octanol–water partition coefficient (Wildman–Crippen LogP) is 5.84. The zero-order chi connectivity index (χ0) is 25.9. The fourth-order valence-corrected chi connectivity index (χ4v) is 5.83. The van der Waals surface area contributed by atoms with Gasteiger partial charge in [-0.2, -0.15) is 5.10 Å². The molecule has 0 amide bonds. The Hall–Kier alpha value is -4.09. The van der Waals surface area contributed by atoms with Crippen molar-refractivity contribution in [2.75, 3.05) is 13.1 Å². The molecule has 0 unspecified atom stereocenters. The van der Waals surface area contributed by atoms with E-state index in [4.69, 9.17) is 4.98 Å². The average molecular weight is 529 g/mol. The van der Waals surface area contributed by atoms with Crippen LogP contribution in [0.4, 0.5) is 8.78 Å². The second-order valence-corrected chi connectivity index (χ2v) is 10.9. The van der Waals surface area contributed by atoms with Gasteiger partial charge in [0, 0.05) is 60.3 Å². The summed E-state index contributed by atoms with van der Waals surface area (Å²) >= 11 is 1.68. The SMILES string of the molecule is Cc1ccc(-c2nccc3[nH]c(-c4n[nH]c5ncc(-c6cncc(CN7CCC(F)(F)C7)c6)cc45)nc23)s1. The first kappa shape index (κ1) is 23.1. The molecule has 1 aliphatic rings. The van der Waals surface area contributed by atoms with E-state index in [-0.39, 0.29) is 13.0 Å². The number of imidazole rings is 1. The summed E-state index contributed by atoms with van der Waals surface area (Å²) in [6.07, 6.45) is 6.92. The maximum atomic E-state index is 13.6. The lowest BCUT2D eigenvalue weighted by molar-refractivity contribution is 0.0115. The van der Waals surface area contributed by atoms with E-state index in [1.54, 1.807) is 41.0 Å². The van der Waals surface area contributed by atoms with Gasteiger partial charge in [0.15, 0.2) is 11.5 Å². The molecule has 1 fully saturated rings. The number of rotatable bonds is 5. The minimum atomic E-state index is -2.62. The van der Waals surface area contributed by atoms with Gasteiger partial charge in [-0.3, -0.25) is 20.0 Å². The van der Waals surface area contributed by atoms with Crippen LogP contribution in [0.2, 0.25) is 0 Å². The molecule has 0 spiro atoms. The molecule has 0 aliphatic carbocycles. The van der Waals surface area contributed by atoms with Crippen molar-refractivity contribution in [3.63, 3.8) is 0 Å². The molecule has 0 bridgehead atoms. The van der Waals surface area contributed by atoms with Crippen molar-refractivity contribution in [3.8, 4) is 33.2 Å². The molecule has 6 aromatic rings. The van der Waals surface area contributed by atoms with E-state index in [1.807, 2.05) is 18.2 Å². The summed E-state index contributed by atoms with van der Waals surface area (Å²) in [6.45, 7) is 2.66. The summed E-state index contributed by atoms with van der Waals surface area (Å²) in [4.78, 5) is 25.8. The number of likely N-dealkylation sites (tertiary alicyclic amines) is 1. The lowest BCUT2D eigenvalue weighted by atomic mass is 10.1. The van der Waals surface area contributed by atoms with E-state index in [0.717, 1.165) is 43.7 Å². The van der Waals surface area contributed by atoms with Crippen molar-refractivity contribution in [2.24, 2.45) is 0 Å². The van der Waals surface area contributed by atoms with E-state index < -0.39 is 5.92 Å². The third kappa shape index (κ3) is 4.13.